The van der Waals surface area contributed by atoms with Gasteiger partial charge in [-0.05, 0) is 36.1 Å². The predicted molar refractivity (Wildman–Crippen MR) is 83.6 cm³/mol. The van der Waals surface area contributed by atoms with Crippen LogP contribution in [0.3, 0.4) is 0 Å². The molecular formula is C16H17ClN2. The molecule has 0 spiro atoms. The molecule has 0 heterocycles. The summed E-state index contributed by atoms with van der Waals surface area (Å²) in [5, 5.41) is 8.15. The van der Waals surface area contributed by atoms with Gasteiger partial charge in [0.15, 0.2) is 0 Å². The van der Waals surface area contributed by atoms with Crippen molar-refractivity contribution in [3.8, 4) is 0 Å². The van der Waals surface area contributed by atoms with Crippen LogP contribution < -0.4 is 5.73 Å². The first-order valence-electron chi connectivity index (χ1n) is 6.20. The number of nitrogen functional groups attached to an aromatic ring is 1. The van der Waals surface area contributed by atoms with E-state index in [2.05, 4.69) is 13.0 Å². The highest BCUT2D eigenvalue weighted by Crippen LogP contribution is 2.34. The maximum absolute atomic E-state index is 7.38. The van der Waals surface area contributed by atoms with Gasteiger partial charge < -0.3 is 11.1 Å². The molecule has 1 atom stereocenters. The molecule has 1 aliphatic carbocycles. The Morgan fingerprint density at radius 1 is 1.37 bits per heavy atom. The molecule has 0 amide bonds. The molecule has 0 aromatic heterocycles. The molecule has 0 bridgehead atoms. The molecule has 19 heavy (non-hydrogen) atoms. The van der Waals surface area contributed by atoms with Gasteiger partial charge in [0.1, 0.15) is 0 Å². The molecule has 3 N–H and O–H groups in total. The molecule has 1 aromatic rings. The van der Waals surface area contributed by atoms with Crippen molar-refractivity contribution in [3.05, 3.63) is 58.2 Å². The van der Waals surface area contributed by atoms with E-state index in [1.807, 2.05) is 37.3 Å². The summed E-state index contributed by atoms with van der Waals surface area (Å²) in [5.74, 6) is 0.331. The van der Waals surface area contributed by atoms with Crippen LogP contribution >= 0.6 is 11.6 Å². The Morgan fingerprint density at radius 2 is 2.11 bits per heavy atom. The second kappa shape index (κ2) is 5.45. The highest BCUT2D eigenvalue weighted by molar-refractivity contribution is 6.37. The summed E-state index contributed by atoms with van der Waals surface area (Å²) in [6.07, 6.45) is 7.42. The maximum atomic E-state index is 7.38. The summed E-state index contributed by atoms with van der Waals surface area (Å²) in [7, 11) is 0. The van der Waals surface area contributed by atoms with Crippen molar-refractivity contribution in [1.82, 2.24) is 0 Å². The Bertz CT molecular complexity index is 609. The van der Waals surface area contributed by atoms with Gasteiger partial charge in [-0.2, -0.15) is 0 Å². The maximum Gasteiger partial charge on any atom is 0.0479 e. The largest absolute Gasteiger partial charge is 0.398 e. The molecule has 2 nitrogen and oxygen atoms in total. The summed E-state index contributed by atoms with van der Waals surface area (Å²) in [6.45, 7) is 4.17. The van der Waals surface area contributed by atoms with Gasteiger partial charge in [0.25, 0.3) is 0 Å². The fraction of sp³-hybridized carbons (Fsp3) is 0.188. The summed E-state index contributed by atoms with van der Waals surface area (Å²) < 4.78 is 0. The molecule has 0 radical (unpaired) electrons. The standard InChI is InChI=1S/C16H17ClN2/c1-10-4-3-5-14(16(17)11(10)2)12-6-7-15(19)13(8-12)9-18/h3-10,18H,19H2,1-2H3. The van der Waals surface area contributed by atoms with Crippen molar-refractivity contribution in [2.24, 2.45) is 5.92 Å². The Balaban J connectivity index is 2.55. The van der Waals surface area contributed by atoms with Crippen molar-refractivity contribution in [2.45, 2.75) is 13.8 Å². The SMILES string of the molecule is CC1=C(Cl)C(c2ccc(N)c(C=N)c2)=CC=CC1C. The molecule has 0 saturated carbocycles. The monoisotopic (exact) mass is 272 g/mol. The van der Waals surface area contributed by atoms with E-state index in [9.17, 15) is 0 Å². The normalized spacial score (nSPS) is 19.1. The van der Waals surface area contributed by atoms with Crippen LogP contribution in [-0.2, 0) is 0 Å². The first-order chi connectivity index (χ1) is 9.04. The summed E-state index contributed by atoms with van der Waals surface area (Å²) in [5.41, 5.74) is 10.2. The number of rotatable bonds is 2. The number of nitrogens with two attached hydrogens (primary N) is 1. The first-order valence-corrected chi connectivity index (χ1v) is 6.58. The second-order valence-electron chi connectivity index (χ2n) is 4.74. The Kier molecular flexibility index (Phi) is 3.91. The van der Waals surface area contributed by atoms with Crippen molar-refractivity contribution < 1.29 is 0 Å². The molecule has 1 aromatic carbocycles. The van der Waals surface area contributed by atoms with Gasteiger partial charge in [0.2, 0.25) is 0 Å². The molecule has 0 aliphatic heterocycles. The minimum absolute atomic E-state index is 0.331. The Hall–Kier alpha value is -1.80. The lowest BCUT2D eigenvalue weighted by molar-refractivity contribution is 0.863. The highest BCUT2D eigenvalue weighted by atomic mass is 35.5. The van der Waals surface area contributed by atoms with E-state index in [0.29, 0.717) is 17.2 Å². The third-order valence-electron chi connectivity index (χ3n) is 3.48. The number of nitrogens with one attached hydrogen (secondary N) is 1. The molecule has 2 rings (SSSR count). The van der Waals surface area contributed by atoms with E-state index in [0.717, 1.165) is 21.7 Å². The van der Waals surface area contributed by atoms with Crippen molar-refractivity contribution in [1.29, 1.82) is 5.41 Å². The average molecular weight is 273 g/mol. The fourth-order valence-electron chi connectivity index (χ4n) is 2.04. The zero-order valence-electron chi connectivity index (χ0n) is 11.1. The minimum atomic E-state index is 0.331. The second-order valence-corrected chi connectivity index (χ2v) is 5.12. The van der Waals surface area contributed by atoms with E-state index in [1.165, 1.54) is 6.21 Å². The summed E-state index contributed by atoms with van der Waals surface area (Å²) >= 11 is 6.49. The average Bonchev–Trinajstić information content (AvgIpc) is 2.53. The zero-order valence-corrected chi connectivity index (χ0v) is 11.8. The summed E-state index contributed by atoms with van der Waals surface area (Å²) in [4.78, 5) is 0. The van der Waals surface area contributed by atoms with Gasteiger partial charge in [-0.25, -0.2) is 0 Å². The molecule has 0 saturated heterocycles. The molecule has 98 valence electrons. The third kappa shape index (κ3) is 2.64. The highest BCUT2D eigenvalue weighted by Gasteiger charge is 2.14. The Labute approximate surface area is 118 Å². The number of hydrogen-bond donors (Lipinski definition) is 2. The van der Waals surface area contributed by atoms with E-state index in [4.69, 9.17) is 22.7 Å². The van der Waals surface area contributed by atoms with Crippen molar-refractivity contribution in [2.75, 3.05) is 5.73 Å². The van der Waals surface area contributed by atoms with Crippen LogP contribution in [0.5, 0.6) is 0 Å². The molecule has 1 unspecified atom stereocenters. The van der Waals surface area contributed by atoms with Gasteiger partial charge in [0.05, 0.1) is 0 Å². The topological polar surface area (TPSA) is 49.9 Å². The number of benzene rings is 1. The van der Waals surface area contributed by atoms with Crippen LogP contribution in [-0.4, -0.2) is 6.21 Å². The first kappa shape index (κ1) is 13.6. The lowest BCUT2D eigenvalue weighted by Crippen LogP contribution is -1.97. The van der Waals surface area contributed by atoms with Crippen molar-refractivity contribution in [3.63, 3.8) is 0 Å². The van der Waals surface area contributed by atoms with E-state index < -0.39 is 0 Å². The fourth-order valence-corrected chi connectivity index (χ4v) is 2.38. The van der Waals surface area contributed by atoms with Crippen LogP contribution in [0.25, 0.3) is 5.57 Å². The smallest absolute Gasteiger partial charge is 0.0479 e. The van der Waals surface area contributed by atoms with Gasteiger partial charge in [-0.15, -0.1) is 0 Å². The van der Waals surface area contributed by atoms with Gasteiger partial charge >= 0.3 is 0 Å². The molecular weight excluding hydrogens is 256 g/mol. The Morgan fingerprint density at radius 3 is 2.79 bits per heavy atom. The number of anilines is 1. The van der Waals surface area contributed by atoms with Crippen molar-refractivity contribution >= 4 is 29.1 Å². The van der Waals surface area contributed by atoms with Gasteiger partial charge in [-0.1, -0.05) is 42.8 Å². The number of halogens is 1. The van der Waals surface area contributed by atoms with E-state index in [1.54, 1.807) is 0 Å². The third-order valence-corrected chi connectivity index (χ3v) is 3.98. The lowest BCUT2D eigenvalue weighted by atomic mass is 9.97. The molecule has 1 aliphatic rings. The van der Waals surface area contributed by atoms with Crippen LogP contribution in [0.2, 0.25) is 0 Å². The van der Waals surface area contributed by atoms with Crippen LogP contribution in [0.1, 0.15) is 25.0 Å². The predicted octanol–water partition coefficient (Wildman–Crippen LogP) is 4.37. The van der Waals surface area contributed by atoms with Crippen LogP contribution in [0, 0.1) is 11.3 Å². The van der Waals surface area contributed by atoms with E-state index in [-0.39, 0.29) is 0 Å². The molecule has 0 fully saturated rings. The number of allylic oxidation sites excluding steroid dienone is 6. The van der Waals surface area contributed by atoms with Crippen LogP contribution in [0.4, 0.5) is 5.69 Å². The van der Waals surface area contributed by atoms with E-state index >= 15 is 0 Å². The lowest BCUT2D eigenvalue weighted by Gasteiger charge is -2.12. The zero-order chi connectivity index (χ0) is 14.0. The van der Waals surface area contributed by atoms with Gasteiger partial charge in [-0.3, -0.25) is 0 Å². The minimum Gasteiger partial charge on any atom is -0.398 e. The summed E-state index contributed by atoms with van der Waals surface area (Å²) in [6, 6.07) is 5.65. The molecule has 3 heteroatoms. The van der Waals surface area contributed by atoms with Crippen LogP contribution in [0.15, 0.2) is 47.0 Å². The number of hydrogen-bond acceptors (Lipinski definition) is 2. The quantitative estimate of drug-likeness (QED) is 0.610. The van der Waals surface area contributed by atoms with Gasteiger partial charge in [0, 0.05) is 28.1 Å².